The Morgan fingerprint density at radius 3 is 2.96 bits per heavy atom. The maximum atomic E-state index is 12.4. The molecule has 0 saturated heterocycles. The number of hydrogen-bond donors (Lipinski definition) is 1. The predicted octanol–water partition coefficient (Wildman–Crippen LogP) is 3.29. The van der Waals surface area contributed by atoms with Crippen LogP contribution in [0.15, 0.2) is 54.4 Å². The molecule has 5 nitrogen and oxygen atoms in total. The van der Waals surface area contributed by atoms with Crippen LogP contribution < -0.4 is 5.32 Å². The molecule has 1 aliphatic heterocycles. The van der Waals surface area contributed by atoms with Crippen molar-refractivity contribution in [1.82, 2.24) is 20.0 Å². The Kier molecular flexibility index (Phi) is 4.46. The van der Waals surface area contributed by atoms with Crippen molar-refractivity contribution in [3.63, 3.8) is 0 Å². The van der Waals surface area contributed by atoms with Crippen LogP contribution in [-0.4, -0.2) is 33.8 Å². The van der Waals surface area contributed by atoms with Crippen molar-refractivity contribution in [2.24, 2.45) is 0 Å². The number of carbonyl (C=O) groups is 1. The summed E-state index contributed by atoms with van der Waals surface area (Å²) in [5.74, 6) is 0. The minimum absolute atomic E-state index is 0.00515. The molecule has 3 rings (SSSR count). The van der Waals surface area contributed by atoms with Crippen molar-refractivity contribution in [2.75, 3.05) is 13.1 Å². The molecule has 1 unspecified atom stereocenters. The van der Waals surface area contributed by atoms with E-state index in [0.717, 1.165) is 24.2 Å². The van der Waals surface area contributed by atoms with Crippen LogP contribution in [0.4, 0.5) is 4.79 Å². The molecule has 5 heteroatoms. The molecule has 0 fully saturated rings. The first-order valence-corrected chi connectivity index (χ1v) is 7.94. The SMILES string of the molecule is CC1=CCCN(C(=O)NC(C)c2cccc(-n3cccn3)c2)C1. The number of nitrogens with zero attached hydrogens (tertiary/aromatic N) is 3. The Hall–Kier alpha value is -2.56. The van der Waals surface area contributed by atoms with Gasteiger partial charge in [-0.3, -0.25) is 0 Å². The van der Waals surface area contributed by atoms with Gasteiger partial charge in [-0.1, -0.05) is 23.8 Å². The van der Waals surface area contributed by atoms with Crippen LogP contribution in [0.25, 0.3) is 5.69 Å². The fourth-order valence-electron chi connectivity index (χ4n) is 2.80. The normalized spacial score (nSPS) is 15.9. The maximum absolute atomic E-state index is 12.4. The Morgan fingerprint density at radius 2 is 2.22 bits per heavy atom. The fraction of sp³-hybridized carbons (Fsp3) is 0.333. The summed E-state index contributed by atoms with van der Waals surface area (Å²) in [7, 11) is 0. The molecule has 2 amide bonds. The lowest BCUT2D eigenvalue weighted by Crippen LogP contribution is -2.43. The van der Waals surface area contributed by atoms with E-state index in [-0.39, 0.29) is 12.1 Å². The van der Waals surface area contributed by atoms with Gasteiger partial charge in [0.25, 0.3) is 0 Å². The number of aromatic nitrogens is 2. The average Bonchev–Trinajstić information content (AvgIpc) is 3.09. The molecule has 1 N–H and O–H groups in total. The molecule has 23 heavy (non-hydrogen) atoms. The molecule has 0 bridgehead atoms. The summed E-state index contributed by atoms with van der Waals surface area (Å²) in [6.45, 7) is 5.57. The highest BCUT2D eigenvalue weighted by atomic mass is 16.2. The lowest BCUT2D eigenvalue weighted by molar-refractivity contribution is 0.197. The van der Waals surface area contributed by atoms with Gasteiger partial charge in [-0.15, -0.1) is 0 Å². The second-order valence-electron chi connectivity index (χ2n) is 5.98. The van der Waals surface area contributed by atoms with Gasteiger partial charge < -0.3 is 10.2 Å². The minimum atomic E-state index is -0.0516. The number of nitrogens with one attached hydrogen (secondary N) is 1. The fourth-order valence-corrected chi connectivity index (χ4v) is 2.80. The number of amides is 2. The monoisotopic (exact) mass is 310 g/mol. The molecule has 1 atom stereocenters. The van der Waals surface area contributed by atoms with E-state index in [1.165, 1.54) is 5.57 Å². The van der Waals surface area contributed by atoms with Gasteiger partial charge in [0.2, 0.25) is 0 Å². The Morgan fingerprint density at radius 1 is 1.35 bits per heavy atom. The number of benzene rings is 1. The van der Waals surface area contributed by atoms with E-state index in [1.807, 2.05) is 47.0 Å². The highest BCUT2D eigenvalue weighted by molar-refractivity contribution is 5.75. The van der Waals surface area contributed by atoms with Gasteiger partial charge in [0, 0.05) is 25.5 Å². The van der Waals surface area contributed by atoms with Crippen LogP contribution >= 0.6 is 0 Å². The standard InChI is InChI=1S/C18H22N4O/c1-14-6-4-10-21(13-14)18(23)20-15(2)16-7-3-8-17(12-16)22-11-5-9-19-22/h3,5-9,11-12,15H,4,10,13H2,1-2H3,(H,20,23). The van der Waals surface area contributed by atoms with Gasteiger partial charge in [0.15, 0.2) is 0 Å². The van der Waals surface area contributed by atoms with Crippen LogP contribution in [0.2, 0.25) is 0 Å². The van der Waals surface area contributed by atoms with Gasteiger partial charge in [0.05, 0.1) is 11.7 Å². The topological polar surface area (TPSA) is 50.2 Å². The van der Waals surface area contributed by atoms with Crippen LogP contribution in [0.3, 0.4) is 0 Å². The molecule has 1 aromatic heterocycles. The quantitative estimate of drug-likeness (QED) is 0.884. The first-order valence-electron chi connectivity index (χ1n) is 7.94. The summed E-state index contributed by atoms with van der Waals surface area (Å²) in [6.07, 6.45) is 6.79. The van der Waals surface area contributed by atoms with Gasteiger partial charge in [-0.25, -0.2) is 9.48 Å². The number of urea groups is 1. The lowest BCUT2D eigenvalue weighted by Gasteiger charge is -2.28. The zero-order valence-electron chi connectivity index (χ0n) is 13.6. The minimum Gasteiger partial charge on any atom is -0.331 e. The summed E-state index contributed by atoms with van der Waals surface area (Å²) >= 11 is 0. The summed E-state index contributed by atoms with van der Waals surface area (Å²) in [6, 6.07) is 9.91. The highest BCUT2D eigenvalue weighted by Gasteiger charge is 2.18. The molecule has 120 valence electrons. The molecule has 2 aromatic rings. The van der Waals surface area contributed by atoms with Gasteiger partial charge >= 0.3 is 6.03 Å². The van der Waals surface area contributed by atoms with Gasteiger partial charge in [-0.2, -0.15) is 5.10 Å². The molecule has 1 aliphatic rings. The third-order valence-corrected chi connectivity index (χ3v) is 4.10. The molecular weight excluding hydrogens is 288 g/mol. The van der Waals surface area contributed by atoms with Crippen molar-refractivity contribution in [2.45, 2.75) is 26.3 Å². The maximum Gasteiger partial charge on any atom is 0.318 e. The van der Waals surface area contributed by atoms with Crippen molar-refractivity contribution >= 4 is 6.03 Å². The second-order valence-corrected chi connectivity index (χ2v) is 5.98. The third kappa shape index (κ3) is 3.62. The van der Waals surface area contributed by atoms with E-state index in [4.69, 9.17) is 0 Å². The van der Waals surface area contributed by atoms with Crippen molar-refractivity contribution in [3.8, 4) is 5.69 Å². The first-order chi connectivity index (χ1) is 11.1. The first kappa shape index (κ1) is 15.3. The van der Waals surface area contributed by atoms with Crippen LogP contribution in [0.1, 0.15) is 31.9 Å². The van der Waals surface area contributed by atoms with Crippen molar-refractivity contribution < 1.29 is 4.79 Å². The Labute approximate surface area is 136 Å². The van der Waals surface area contributed by atoms with E-state index >= 15 is 0 Å². The summed E-state index contributed by atoms with van der Waals surface area (Å²) in [5, 5.41) is 7.33. The molecular formula is C18H22N4O. The van der Waals surface area contributed by atoms with E-state index in [9.17, 15) is 4.79 Å². The van der Waals surface area contributed by atoms with E-state index in [2.05, 4.69) is 29.5 Å². The summed E-state index contributed by atoms with van der Waals surface area (Å²) in [5.41, 5.74) is 3.31. The zero-order chi connectivity index (χ0) is 16.2. The number of hydrogen-bond acceptors (Lipinski definition) is 2. The summed E-state index contributed by atoms with van der Waals surface area (Å²) < 4.78 is 1.82. The van der Waals surface area contributed by atoms with Crippen LogP contribution in [0, 0.1) is 0 Å². The van der Waals surface area contributed by atoms with Crippen LogP contribution in [-0.2, 0) is 0 Å². The molecule has 0 aliphatic carbocycles. The predicted molar refractivity (Wildman–Crippen MR) is 90.5 cm³/mol. The lowest BCUT2D eigenvalue weighted by atomic mass is 10.1. The van der Waals surface area contributed by atoms with Crippen molar-refractivity contribution in [3.05, 3.63) is 59.9 Å². The van der Waals surface area contributed by atoms with Gasteiger partial charge in [0.1, 0.15) is 0 Å². The van der Waals surface area contributed by atoms with Crippen molar-refractivity contribution in [1.29, 1.82) is 0 Å². The van der Waals surface area contributed by atoms with E-state index < -0.39 is 0 Å². The smallest absolute Gasteiger partial charge is 0.318 e. The van der Waals surface area contributed by atoms with Gasteiger partial charge in [-0.05, 0) is 44.0 Å². The molecule has 2 heterocycles. The zero-order valence-corrected chi connectivity index (χ0v) is 13.6. The van der Waals surface area contributed by atoms with Crippen LogP contribution in [0.5, 0.6) is 0 Å². The molecule has 1 aromatic carbocycles. The second kappa shape index (κ2) is 6.69. The van der Waals surface area contributed by atoms with E-state index in [0.29, 0.717) is 6.54 Å². The molecule has 0 radical (unpaired) electrons. The third-order valence-electron chi connectivity index (χ3n) is 4.10. The van der Waals surface area contributed by atoms with E-state index in [1.54, 1.807) is 6.20 Å². The number of rotatable bonds is 3. The Bertz CT molecular complexity index is 706. The number of carbonyl (C=O) groups excluding carboxylic acids is 1. The average molecular weight is 310 g/mol. The molecule has 0 saturated carbocycles. The largest absolute Gasteiger partial charge is 0.331 e. The summed E-state index contributed by atoms with van der Waals surface area (Å²) in [4.78, 5) is 14.3. The highest BCUT2D eigenvalue weighted by Crippen LogP contribution is 2.17. The Balaban J connectivity index is 1.68. The molecule has 0 spiro atoms.